The number of anilines is 1. The molecule has 0 saturated carbocycles. The number of halogens is 1. The van der Waals surface area contributed by atoms with Crippen LogP contribution in [-0.4, -0.2) is 0 Å². The molecule has 2 aromatic rings. The van der Waals surface area contributed by atoms with Gasteiger partial charge in [-0.1, -0.05) is 30.2 Å². The molecular weight excluding hydrogens is 306 g/mol. The Balaban J connectivity index is 2.38. The number of hydrogen-bond acceptors (Lipinski definition) is 3. The molecule has 2 aromatic carbocycles. The second-order valence-electron chi connectivity index (χ2n) is 5.79. The first kappa shape index (κ1) is 15.4. The summed E-state index contributed by atoms with van der Waals surface area (Å²) in [4.78, 5) is 0. The molecule has 0 aromatic heterocycles. The zero-order chi connectivity index (χ0) is 16.4. The molecule has 2 N–H and O–H groups in total. The number of rotatable bonds is 1. The van der Waals surface area contributed by atoms with Crippen molar-refractivity contribution < 1.29 is 0 Å². The Morgan fingerprint density at radius 3 is 2.09 bits per heavy atom. The van der Waals surface area contributed by atoms with E-state index in [0.717, 1.165) is 54.4 Å². The van der Waals surface area contributed by atoms with Crippen molar-refractivity contribution in [2.45, 2.75) is 32.1 Å². The fourth-order valence-corrected chi connectivity index (χ4v) is 3.51. The van der Waals surface area contributed by atoms with Crippen molar-refractivity contribution in [3.63, 3.8) is 0 Å². The first-order chi connectivity index (χ1) is 11.2. The molecule has 23 heavy (non-hydrogen) atoms. The van der Waals surface area contributed by atoms with Gasteiger partial charge >= 0.3 is 0 Å². The average Bonchev–Trinajstić information content (AvgIpc) is 2.80. The largest absolute Gasteiger partial charge is 0.397 e. The van der Waals surface area contributed by atoms with Crippen LogP contribution in [0.25, 0.3) is 11.1 Å². The maximum Gasteiger partial charge on any atom is 0.102 e. The Bertz CT molecular complexity index is 839. The van der Waals surface area contributed by atoms with Crippen LogP contribution in [0.1, 0.15) is 41.5 Å². The molecule has 1 aliphatic rings. The molecular formula is C19H16ClN3. The minimum absolute atomic E-state index is 0.306. The van der Waals surface area contributed by atoms with E-state index in [1.807, 2.05) is 24.3 Å². The molecule has 0 amide bonds. The van der Waals surface area contributed by atoms with Crippen molar-refractivity contribution in [2.24, 2.45) is 0 Å². The molecule has 0 spiro atoms. The summed E-state index contributed by atoms with van der Waals surface area (Å²) in [6, 6.07) is 11.9. The van der Waals surface area contributed by atoms with Gasteiger partial charge in [0.15, 0.2) is 0 Å². The Hall–Kier alpha value is -2.49. The topological polar surface area (TPSA) is 73.6 Å². The first-order valence-corrected chi connectivity index (χ1v) is 8.08. The molecule has 3 rings (SSSR count). The highest BCUT2D eigenvalue weighted by atomic mass is 35.5. The second-order valence-corrected chi connectivity index (χ2v) is 6.22. The molecule has 0 heterocycles. The van der Waals surface area contributed by atoms with Crippen LogP contribution < -0.4 is 5.73 Å². The van der Waals surface area contributed by atoms with Gasteiger partial charge < -0.3 is 5.73 Å². The zero-order valence-electron chi connectivity index (χ0n) is 12.7. The molecule has 0 radical (unpaired) electrons. The Morgan fingerprint density at radius 2 is 1.48 bits per heavy atom. The number of fused-ring (bicyclic) bond motifs is 1. The first-order valence-electron chi connectivity index (χ1n) is 7.70. The highest BCUT2D eigenvalue weighted by Gasteiger charge is 2.24. The summed E-state index contributed by atoms with van der Waals surface area (Å²) in [5.74, 6) is 0. The van der Waals surface area contributed by atoms with Crippen LogP contribution in [0, 0.1) is 22.7 Å². The molecule has 114 valence electrons. The highest BCUT2D eigenvalue weighted by molar-refractivity contribution is 6.30. The second kappa shape index (κ2) is 6.32. The van der Waals surface area contributed by atoms with Crippen molar-refractivity contribution >= 4 is 17.3 Å². The molecule has 0 aliphatic heterocycles. The maximum absolute atomic E-state index is 9.64. The average molecular weight is 322 g/mol. The highest BCUT2D eigenvalue weighted by Crippen LogP contribution is 2.39. The number of nitrogen functional groups attached to an aromatic ring is 1. The molecule has 0 atom stereocenters. The molecule has 0 fully saturated rings. The van der Waals surface area contributed by atoms with Gasteiger partial charge in [0.1, 0.15) is 12.1 Å². The molecule has 4 heteroatoms. The van der Waals surface area contributed by atoms with E-state index in [0.29, 0.717) is 21.8 Å². The summed E-state index contributed by atoms with van der Waals surface area (Å²) < 4.78 is 0. The van der Waals surface area contributed by atoms with Gasteiger partial charge in [0.25, 0.3) is 0 Å². The van der Waals surface area contributed by atoms with E-state index < -0.39 is 0 Å². The summed E-state index contributed by atoms with van der Waals surface area (Å²) in [7, 11) is 0. The van der Waals surface area contributed by atoms with Gasteiger partial charge in [0.05, 0.1) is 16.8 Å². The number of hydrogen-bond donors (Lipinski definition) is 1. The van der Waals surface area contributed by atoms with E-state index in [-0.39, 0.29) is 0 Å². The van der Waals surface area contributed by atoms with Crippen molar-refractivity contribution in [1.29, 1.82) is 10.5 Å². The summed E-state index contributed by atoms with van der Waals surface area (Å²) in [6.07, 6.45) is 4.95. The van der Waals surface area contributed by atoms with E-state index in [9.17, 15) is 10.5 Å². The van der Waals surface area contributed by atoms with Crippen molar-refractivity contribution in [3.8, 4) is 23.3 Å². The predicted molar refractivity (Wildman–Crippen MR) is 92.0 cm³/mol. The summed E-state index contributed by atoms with van der Waals surface area (Å²) in [6.45, 7) is 0. The summed E-state index contributed by atoms with van der Waals surface area (Å²) in [5, 5.41) is 19.8. The molecule has 3 nitrogen and oxygen atoms in total. The van der Waals surface area contributed by atoms with Gasteiger partial charge in [-0.25, -0.2) is 0 Å². The number of nitriles is 2. The molecule has 0 unspecified atom stereocenters. The number of nitrogens with zero attached hydrogens (tertiary/aromatic N) is 2. The third kappa shape index (κ3) is 2.65. The maximum atomic E-state index is 9.64. The lowest BCUT2D eigenvalue weighted by molar-refractivity contribution is 0.711. The van der Waals surface area contributed by atoms with E-state index in [2.05, 4.69) is 12.1 Å². The fourth-order valence-electron chi connectivity index (χ4n) is 3.39. The number of benzene rings is 2. The normalized spacial score (nSPS) is 13.5. The minimum Gasteiger partial charge on any atom is -0.397 e. The van der Waals surface area contributed by atoms with E-state index >= 15 is 0 Å². The third-order valence-electron chi connectivity index (χ3n) is 4.47. The van der Waals surface area contributed by atoms with Crippen LogP contribution in [0.4, 0.5) is 5.69 Å². The van der Waals surface area contributed by atoms with Gasteiger partial charge in [0.2, 0.25) is 0 Å². The van der Waals surface area contributed by atoms with E-state index in [4.69, 9.17) is 17.3 Å². The van der Waals surface area contributed by atoms with Gasteiger partial charge in [-0.05, 0) is 54.5 Å². The molecule has 0 saturated heterocycles. The van der Waals surface area contributed by atoms with Crippen molar-refractivity contribution in [3.05, 3.63) is 51.5 Å². The fraction of sp³-hybridized carbons (Fsp3) is 0.263. The predicted octanol–water partition coefficient (Wildman–Crippen LogP) is 4.60. The monoisotopic (exact) mass is 321 g/mol. The lowest BCUT2D eigenvalue weighted by Crippen LogP contribution is -2.07. The van der Waals surface area contributed by atoms with E-state index in [1.54, 1.807) is 0 Å². The van der Waals surface area contributed by atoms with Crippen LogP contribution in [0.15, 0.2) is 24.3 Å². The molecule has 1 aliphatic carbocycles. The SMILES string of the molecule is N#Cc1c(N)c(C#N)c(-c2ccc(Cl)cc2)c2c1CCCCC2. The van der Waals surface area contributed by atoms with Crippen LogP contribution in [0.2, 0.25) is 5.02 Å². The zero-order valence-corrected chi connectivity index (χ0v) is 13.5. The third-order valence-corrected chi connectivity index (χ3v) is 4.72. The smallest absolute Gasteiger partial charge is 0.102 e. The summed E-state index contributed by atoms with van der Waals surface area (Å²) in [5.41, 5.74) is 11.3. The standard InChI is InChI=1S/C19H16ClN3/c20-13-8-6-12(7-9-13)18-15-5-3-1-2-4-14(15)16(10-21)19(23)17(18)11-22/h6-9H,1-5,23H2. The van der Waals surface area contributed by atoms with Gasteiger partial charge in [-0.15, -0.1) is 0 Å². The van der Waals surface area contributed by atoms with Gasteiger partial charge in [-0.3, -0.25) is 0 Å². The minimum atomic E-state index is 0.306. The van der Waals surface area contributed by atoms with E-state index in [1.165, 1.54) is 0 Å². The van der Waals surface area contributed by atoms with Crippen molar-refractivity contribution in [2.75, 3.05) is 5.73 Å². The lowest BCUT2D eigenvalue weighted by atomic mass is 9.85. The molecule has 0 bridgehead atoms. The van der Waals surface area contributed by atoms with Gasteiger partial charge in [0, 0.05) is 10.6 Å². The quantitative estimate of drug-likeness (QED) is 0.616. The summed E-state index contributed by atoms with van der Waals surface area (Å²) >= 11 is 5.99. The lowest BCUT2D eigenvalue weighted by Gasteiger charge is -2.19. The Morgan fingerprint density at radius 1 is 0.870 bits per heavy atom. The Kier molecular flexibility index (Phi) is 4.24. The van der Waals surface area contributed by atoms with Crippen LogP contribution in [0.3, 0.4) is 0 Å². The van der Waals surface area contributed by atoms with Crippen LogP contribution in [0.5, 0.6) is 0 Å². The van der Waals surface area contributed by atoms with Crippen molar-refractivity contribution in [1.82, 2.24) is 0 Å². The van der Waals surface area contributed by atoms with Gasteiger partial charge in [-0.2, -0.15) is 10.5 Å². The van der Waals surface area contributed by atoms with Crippen LogP contribution in [-0.2, 0) is 12.8 Å². The number of nitrogens with two attached hydrogens (primary N) is 1. The van der Waals surface area contributed by atoms with Crippen LogP contribution >= 0.6 is 11.6 Å². The Labute approximate surface area is 140 Å².